The summed E-state index contributed by atoms with van der Waals surface area (Å²) in [5.74, 6) is -0.0955. The minimum atomic E-state index is -0.376. The average molecular weight is 298 g/mol. The van der Waals surface area contributed by atoms with Gasteiger partial charge in [0.05, 0.1) is 22.7 Å². The molecule has 0 unspecified atom stereocenters. The summed E-state index contributed by atoms with van der Waals surface area (Å²) in [7, 11) is 0. The summed E-state index contributed by atoms with van der Waals surface area (Å²) in [6, 6.07) is 8.61. The van der Waals surface area contributed by atoms with Crippen LogP contribution in [0.5, 0.6) is 0 Å². The van der Waals surface area contributed by atoms with Gasteiger partial charge in [-0.2, -0.15) is 0 Å². The third kappa shape index (κ3) is 2.44. The Hall–Kier alpha value is -3.09. The minimum absolute atomic E-state index is 0.159. The first-order valence-electron chi connectivity index (χ1n) is 6.79. The summed E-state index contributed by atoms with van der Waals surface area (Å²) < 4.78 is 6.31. The topological polar surface area (TPSA) is 89.2 Å². The fourth-order valence-corrected chi connectivity index (χ4v) is 2.14. The van der Waals surface area contributed by atoms with Crippen molar-refractivity contribution < 1.29 is 9.21 Å². The molecule has 2 aromatic heterocycles. The summed E-state index contributed by atoms with van der Waals surface area (Å²) in [5.41, 5.74) is 5.97. The summed E-state index contributed by atoms with van der Waals surface area (Å²) in [4.78, 5) is 28.7. The van der Waals surface area contributed by atoms with Gasteiger partial charge in [0.15, 0.2) is 0 Å². The number of rotatable bonds is 4. The molecule has 1 aromatic carbocycles. The van der Waals surface area contributed by atoms with Crippen molar-refractivity contribution in [1.82, 2.24) is 15.0 Å². The molecule has 0 radical (unpaired) electrons. The molecular weight excluding hydrogens is 284 g/mol. The number of para-hydroxylation sites is 1. The highest BCUT2D eigenvalue weighted by Crippen LogP contribution is 2.10. The molecule has 0 saturated carbocycles. The Labute approximate surface area is 125 Å². The van der Waals surface area contributed by atoms with E-state index in [9.17, 15) is 9.59 Å². The zero-order chi connectivity index (χ0) is 15.5. The number of aromatic nitrogens is 2. The molecule has 0 atom stereocenters. The number of nitrogens with zero attached hydrogens (tertiary/aromatic N) is 2. The summed E-state index contributed by atoms with van der Waals surface area (Å²) in [6.07, 6.45) is 2.74. The number of amides is 1. The first kappa shape index (κ1) is 13.9. The van der Waals surface area contributed by atoms with Gasteiger partial charge in [0.1, 0.15) is 6.26 Å². The number of fused-ring (bicyclic) bond motifs is 1. The largest absolute Gasteiger partial charge is 0.472 e. The summed E-state index contributed by atoms with van der Waals surface area (Å²) in [5, 5.41) is 0.538. The van der Waals surface area contributed by atoms with Gasteiger partial charge in [-0.3, -0.25) is 25.0 Å². The molecule has 22 heavy (non-hydrogen) atoms. The Bertz CT molecular complexity index is 868. The maximum absolute atomic E-state index is 12.4. The number of hydrogen-bond acceptors (Lipinski definition) is 5. The molecule has 0 aliphatic heterocycles. The molecule has 0 bridgehead atoms. The molecule has 0 saturated heterocycles. The Morgan fingerprint density at radius 2 is 2.14 bits per heavy atom. The monoisotopic (exact) mass is 298 g/mol. The Morgan fingerprint density at radius 3 is 2.86 bits per heavy atom. The van der Waals surface area contributed by atoms with Crippen molar-refractivity contribution in [2.45, 2.75) is 13.5 Å². The Morgan fingerprint density at radius 1 is 1.32 bits per heavy atom. The standard InChI is InChI=1S/C15H14N4O3/c1-2-19-14(21)11-5-3-4-6-12(11)16-15(19)18-17-13(20)10-7-8-22-9-10/h3-9H,2H2,1H3,(H,16,18)(H,17,20). The van der Waals surface area contributed by atoms with Crippen molar-refractivity contribution in [3.8, 4) is 0 Å². The molecule has 3 aromatic rings. The van der Waals surface area contributed by atoms with E-state index in [4.69, 9.17) is 4.42 Å². The molecule has 0 spiro atoms. The first-order chi connectivity index (χ1) is 10.7. The van der Waals surface area contributed by atoms with Crippen LogP contribution in [0.15, 0.2) is 52.1 Å². The van der Waals surface area contributed by atoms with Crippen LogP contribution in [0, 0.1) is 0 Å². The van der Waals surface area contributed by atoms with Crippen LogP contribution in [0.25, 0.3) is 10.9 Å². The lowest BCUT2D eigenvalue weighted by Gasteiger charge is -2.13. The van der Waals surface area contributed by atoms with Gasteiger partial charge < -0.3 is 4.42 Å². The molecule has 2 heterocycles. The lowest BCUT2D eigenvalue weighted by atomic mass is 10.2. The number of carbonyl (C=O) groups is 1. The predicted octanol–water partition coefficient (Wildman–Crippen LogP) is 1.77. The molecular formula is C15H14N4O3. The van der Waals surface area contributed by atoms with Gasteiger partial charge in [-0.1, -0.05) is 12.1 Å². The van der Waals surface area contributed by atoms with Gasteiger partial charge in [-0.15, -0.1) is 0 Å². The lowest BCUT2D eigenvalue weighted by molar-refractivity contribution is 0.0961. The van der Waals surface area contributed by atoms with E-state index >= 15 is 0 Å². The molecule has 3 rings (SSSR count). The first-order valence-corrected chi connectivity index (χ1v) is 6.79. The van der Waals surface area contributed by atoms with Crippen molar-refractivity contribution in [3.63, 3.8) is 0 Å². The van der Waals surface area contributed by atoms with Gasteiger partial charge in [-0.25, -0.2) is 4.98 Å². The van der Waals surface area contributed by atoms with Gasteiger partial charge in [0.25, 0.3) is 11.5 Å². The molecule has 112 valence electrons. The fraction of sp³-hybridized carbons (Fsp3) is 0.133. The SMILES string of the molecule is CCn1c(NNC(=O)c2ccoc2)nc2ccccc2c1=O. The second kappa shape index (κ2) is 5.72. The smallest absolute Gasteiger partial charge is 0.272 e. The summed E-state index contributed by atoms with van der Waals surface area (Å²) >= 11 is 0. The molecule has 0 aliphatic rings. The Balaban J connectivity index is 1.93. The quantitative estimate of drug-likeness (QED) is 0.716. The highest BCUT2D eigenvalue weighted by atomic mass is 16.3. The zero-order valence-electron chi connectivity index (χ0n) is 11.9. The number of furan rings is 1. The highest BCUT2D eigenvalue weighted by molar-refractivity contribution is 5.94. The number of benzene rings is 1. The maximum atomic E-state index is 12.4. The van der Waals surface area contributed by atoms with Crippen molar-refractivity contribution in [2.24, 2.45) is 0 Å². The number of anilines is 1. The van der Waals surface area contributed by atoms with Gasteiger partial charge in [0.2, 0.25) is 5.95 Å². The number of carbonyl (C=O) groups excluding carboxylic acids is 1. The maximum Gasteiger partial charge on any atom is 0.272 e. The van der Waals surface area contributed by atoms with Crippen LogP contribution in [0.1, 0.15) is 17.3 Å². The van der Waals surface area contributed by atoms with Crippen molar-refractivity contribution in [3.05, 3.63) is 58.8 Å². The van der Waals surface area contributed by atoms with Gasteiger partial charge in [-0.05, 0) is 25.1 Å². The van der Waals surface area contributed by atoms with Crippen molar-refractivity contribution in [1.29, 1.82) is 0 Å². The van der Waals surface area contributed by atoms with Crippen LogP contribution >= 0.6 is 0 Å². The van der Waals surface area contributed by atoms with Crippen LogP contribution in [-0.4, -0.2) is 15.5 Å². The van der Waals surface area contributed by atoms with Crippen LogP contribution in [0.3, 0.4) is 0 Å². The number of nitrogens with one attached hydrogen (secondary N) is 2. The van der Waals surface area contributed by atoms with E-state index in [1.54, 1.807) is 24.3 Å². The van der Waals surface area contributed by atoms with E-state index in [-0.39, 0.29) is 17.4 Å². The molecule has 0 fully saturated rings. The van der Waals surface area contributed by atoms with E-state index < -0.39 is 0 Å². The van der Waals surface area contributed by atoms with Crippen LogP contribution in [0.2, 0.25) is 0 Å². The second-order valence-electron chi connectivity index (χ2n) is 4.59. The van der Waals surface area contributed by atoms with Gasteiger partial charge in [0, 0.05) is 6.54 Å². The predicted molar refractivity (Wildman–Crippen MR) is 81.5 cm³/mol. The second-order valence-corrected chi connectivity index (χ2v) is 4.59. The normalized spacial score (nSPS) is 10.6. The third-order valence-electron chi connectivity index (χ3n) is 3.25. The fourth-order valence-electron chi connectivity index (χ4n) is 2.14. The Kier molecular flexibility index (Phi) is 3.61. The average Bonchev–Trinajstić information content (AvgIpc) is 3.07. The van der Waals surface area contributed by atoms with Crippen molar-refractivity contribution >= 4 is 22.8 Å². The lowest BCUT2D eigenvalue weighted by Crippen LogP contribution is -2.34. The van der Waals surface area contributed by atoms with Crippen LogP contribution < -0.4 is 16.4 Å². The molecule has 0 aliphatic carbocycles. The van der Waals surface area contributed by atoms with Crippen LogP contribution in [-0.2, 0) is 6.54 Å². The van der Waals surface area contributed by atoms with Crippen molar-refractivity contribution in [2.75, 3.05) is 5.43 Å². The van der Waals surface area contributed by atoms with Crippen LogP contribution in [0.4, 0.5) is 5.95 Å². The van der Waals surface area contributed by atoms with E-state index in [0.717, 1.165) is 0 Å². The third-order valence-corrected chi connectivity index (χ3v) is 3.25. The summed E-state index contributed by atoms with van der Waals surface area (Å²) in [6.45, 7) is 2.27. The highest BCUT2D eigenvalue weighted by Gasteiger charge is 2.11. The van der Waals surface area contributed by atoms with E-state index in [2.05, 4.69) is 15.8 Å². The van der Waals surface area contributed by atoms with E-state index in [1.165, 1.54) is 23.2 Å². The minimum Gasteiger partial charge on any atom is -0.472 e. The van der Waals surface area contributed by atoms with Gasteiger partial charge >= 0.3 is 0 Å². The number of hydrogen-bond donors (Lipinski definition) is 2. The van der Waals surface area contributed by atoms with E-state index in [0.29, 0.717) is 23.0 Å². The van der Waals surface area contributed by atoms with E-state index in [1.807, 2.05) is 6.92 Å². The molecule has 7 heteroatoms. The number of hydrazine groups is 1. The zero-order valence-corrected chi connectivity index (χ0v) is 11.9. The molecule has 2 N–H and O–H groups in total. The molecule has 1 amide bonds. The molecule has 7 nitrogen and oxygen atoms in total.